The maximum absolute atomic E-state index is 13.0. The van der Waals surface area contributed by atoms with Gasteiger partial charge >= 0.3 is 12.3 Å². The lowest BCUT2D eigenvalue weighted by atomic mass is 10.0. The number of nitrogens with zero attached hydrogens (tertiary/aromatic N) is 1. The molecule has 0 bridgehead atoms. The number of aromatic nitrogens is 1. The second kappa shape index (κ2) is 6.93. The van der Waals surface area contributed by atoms with E-state index in [2.05, 4.69) is 4.98 Å². The predicted molar refractivity (Wildman–Crippen MR) is 99.7 cm³/mol. The molecular weight excluding hydrogens is 389 g/mol. The summed E-state index contributed by atoms with van der Waals surface area (Å²) in [5.41, 5.74) is -0.393. The van der Waals surface area contributed by atoms with Crippen molar-refractivity contribution in [3.63, 3.8) is 0 Å². The van der Waals surface area contributed by atoms with Crippen LogP contribution in [0.3, 0.4) is 0 Å². The van der Waals surface area contributed by atoms with Crippen molar-refractivity contribution in [1.29, 1.82) is 0 Å². The van der Waals surface area contributed by atoms with Gasteiger partial charge in [0.2, 0.25) is 0 Å². The molecule has 2 N–H and O–H groups in total. The maximum Gasteiger partial charge on any atom is 0.416 e. The molecular formula is C20H15F3N2O4. The molecule has 3 aromatic rings. The number of pyridine rings is 1. The monoisotopic (exact) mass is 404 g/mol. The lowest BCUT2D eigenvalue weighted by molar-refractivity contribution is -0.137. The minimum absolute atomic E-state index is 0.154. The van der Waals surface area contributed by atoms with Gasteiger partial charge in [0.1, 0.15) is 6.10 Å². The Bertz CT molecular complexity index is 1160. The number of hydrogen-bond acceptors (Lipinski definition) is 4. The Morgan fingerprint density at radius 2 is 1.93 bits per heavy atom. The van der Waals surface area contributed by atoms with Gasteiger partial charge in [-0.25, -0.2) is 4.79 Å². The van der Waals surface area contributed by atoms with Crippen molar-refractivity contribution in [3.05, 3.63) is 64.4 Å². The summed E-state index contributed by atoms with van der Waals surface area (Å²) < 4.78 is 43.9. The number of alkyl halides is 3. The van der Waals surface area contributed by atoms with Crippen LogP contribution in [-0.2, 0) is 10.9 Å². The van der Waals surface area contributed by atoms with Crippen molar-refractivity contribution < 1.29 is 27.8 Å². The van der Waals surface area contributed by atoms with Gasteiger partial charge in [-0.2, -0.15) is 13.2 Å². The van der Waals surface area contributed by atoms with Crippen LogP contribution >= 0.6 is 0 Å². The fourth-order valence-electron chi connectivity index (χ4n) is 3.26. The summed E-state index contributed by atoms with van der Waals surface area (Å²) in [6.45, 7) is -0.155. The first-order chi connectivity index (χ1) is 13.8. The number of benzene rings is 2. The summed E-state index contributed by atoms with van der Waals surface area (Å²) in [6, 6.07) is 11.0. The largest absolute Gasteiger partial charge is 0.441 e. The van der Waals surface area contributed by atoms with Gasteiger partial charge in [-0.05, 0) is 41.3 Å². The van der Waals surface area contributed by atoms with Crippen LogP contribution in [0.1, 0.15) is 5.56 Å². The zero-order valence-corrected chi connectivity index (χ0v) is 14.9. The Labute approximate surface area is 162 Å². The fourth-order valence-corrected chi connectivity index (χ4v) is 3.26. The quantitative estimate of drug-likeness (QED) is 0.700. The van der Waals surface area contributed by atoms with E-state index >= 15 is 0 Å². The molecule has 1 amide bonds. The number of fused-ring (bicyclic) bond motifs is 1. The Kier molecular flexibility index (Phi) is 4.54. The fraction of sp³-hybridized carbons (Fsp3) is 0.200. The van der Waals surface area contributed by atoms with E-state index in [0.717, 1.165) is 12.1 Å². The molecule has 0 aliphatic carbocycles. The minimum atomic E-state index is -4.49. The molecule has 0 unspecified atom stereocenters. The number of carbonyl (C=O) groups excluding carboxylic acids is 1. The number of carbonyl (C=O) groups is 1. The number of H-pyrrole nitrogens is 1. The minimum Gasteiger partial charge on any atom is -0.441 e. The van der Waals surface area contributed by atoms with Crippen LogP contribution in [0.4, 0.5) is 23.7 Å². The van der Waals surface area contributed by atoms with Crippen LogP contribution in [-0.4, -0.2) is 35.4 Å². The van der Waals surface area contributed by atoms with E-state index in [1.165, 1.54) is 23.1 Å². The number of ether oxygens (including phenoxy) is 1. The first-order valence-corrected chi connectivity index (χ1v) is 8.70. The van der Waals surface area contributed by atoms with E-state index in [-0.39, 0.29) is 29.8 Å². The Balaban J connectivity index is 1.74. The molecule has 150 valence electrons. The van der Waals surface area contributed by atoms with Gasteiger partial charge in [0.15, 0.2) is 0 Å². The van der Waals surface area contributed by atoms with E-state index in [1.54, 1.807) is 18.2 Å². The second-order valence-corrected chi connectivity index (χ2v) is 6.66. The topological polar surface area (TPSA) is 82.6 Å². The predicted octanol–water partition coefficient (Wildman–Crippen LogP) is 3.53. The van der Waals surface area contributed by atoms with Crippen molar-refractivity contribution in [2.45, 2.75) is 12.3 Å². The van der Waals surface area contributed by atoms with Gasteiger partial charge in [0.05, 0.1) is 18.7 Å². The second-order valence-electron chi connectivity index (χ2n) is 6.66. The lowest BCUT2D eigenvalue weighted by Gasteiger charge is -2.14. The van der Waals surface area contributed by atoms with E-state index in [4.69, 9.17) is 9.84 Å². The number of anilines is 1. The number of rotatable bonds is 3. The highest BCUT2D eigenvalue weighted by atomic mass is 19.4. The smallest absolute Gasteiger partial charge is 0.416 e. The number of halogens is 3. The highest BCUT2D eigenvalue weighted by Gasteiger charge is 2.32. The van der Waals surface area contributed by atoms with Crippen molar-refractivity contribution in [2.75, 3.05) is 18.1 Å². The molecule has 1 atom stereocenters. The summed E-state index contributed by atoms with van der Waals surface area (Å²) in [7, 11) is 0. The zero-order chi connectivity index (χ0) is 20.8. The molecule has 1 saturated heterocycles. The van der Waals surface area contributed by atoms with Crippen LogP contribution in [0.2, 0.25) is 0 Å². The first-order valence-electron chi connectivity index (χ1n) is 8.70. The maximum atomic E-state index is 13.0. The highest BCUT2D eigenvalue weighted by molar-refractivity contribution is 5.94. The number of amides is 1. The van der Waals surface area contributed by atoms with Crippen LogP contribution in [0.5, 0.6) is 0 Å². The summed E-state index contributed by atoms with van der Waals surface area (Å²) in [6.07, 6.45) is -5.75. The molecule has 1 fully saturated rings. The third kappa shape index (κ3) is 3.56. The van der Waals surface area contributed by atoms with Crippen LogP contribution in [0, 0.1) is 0 Å². The normalized spacial score (nSPS) is 17.0. The van der Waals surface area contributed by atoms with Gasteiger partial charge in [0.25, 0.3) is 5.56 Å². The molecule has 4 rings (SSSR count). The molecule has 6 nitrogen and oxygen atoms in total. The van der Waals surface area contributed by atoms with Crippen LogP contribution in [0.15, 0.2) is 53.3 Å². The summed E-state index contributed by atoms with van der Waals surface area (Å²) in [4.78, 5) is 28.4. The number of hydrogen-bond donors (Lipinski definition) is 2. The average Bonchev–Trinajstić information content (AvgIpc) is 3.08. The van der Waals surface area contributed by atoms with Gasteiger partial charge < -0.3 is 14.8 Å². The molecule has 0 spiro atoms. The molecule has 29 heavy (non-hydrogen) atoms. The lowest BCUT2D eigenvalue weighted by Crippen LogP contribution is -2.25. The van der Waals surface area contributed by atoms with E-state index in [0.29, 0.717) is 11.1 Å². The number of cyclic esters (lactones) is 1. The van der Waals surface area contributed by atoms with E-state index < -0.39 is 29.5 Å². The van der Waals surface area contributed by atoms with Crippen molar-refractivity contribution >= 4 is 22.6 Å². The van der Waals surface area contributed by atoms with Gasteiger partial charge in [-0.15, -0.1) is 0 Å². The zero-order valence-electron chi connectivity index (χ0n) is 14.9. The van der Waals surface area contributed by atoms with Crippen LogP contribution in [0.25, 0.3) is 22.0 Å². The third-order valence-corrected chi connectivity index (χ3v) is 4.72. The summed E-state index contributed by atoms with van der Waals surface area (Å²) in [5, 5.41) is 9.93. The third-order valence-electron chi connectivity index (χ3n) is 4.72. The molecule has 1 aliphatic heterocycles. The molecule has 1 aliphatic rings. The van der Waals surface area contributed by atoms with Gasteiger partial charge in [-0.3, -0.25) is 9.69 Å². The van der Waals surface area contributed by atoms with Crippen molar-refractivity contribution in [1.82, 2.24) is 4.98 Å². The molecule has 0 saturated carbocycles. The highest BCUT2D eigenvalue weighted by Crippen LogP contribution is 2.32. The Hall–Kier alpha value is -3.33. The van der Waals surface area contributed by atoms with Crippen LogP contribution < -0.4 is 10.5 Å². The standard InChI is InChI=1S/C20H15F3N2O4/c21-20(22,23)13-3-1-2-12(6-13)17-7-11-4-5-14(8-16(11)18(27)24-17)25-9-15(10-26)29-19(25)28/h1-8,15,26H,9-10H2,(H,24,27)/t15-/m1/s1. The SMILES string of the molecule is O=C1O[C@@H](CO)CN1c1ccc2cc(-c3cccc(C(F)(F)F)c3)[nH]c(=O)c2c1. The number of nitrogens with one attached hydrogen (secondary N) is 1. The summed E-state index contributed by atoms with van der Waals surface area (Å²) in [5.74, 6) is 0. The average molecular weight is 404 g/mol. The van der Waals surface area contributed by atoms with E-state index in [9.17, 15) is 22.8 Å². The Morgan fingerprint density at radius 3 is 2.62 bits per heavy atom. The van der Waals surface area contributed by atoms with Gasteiger partial charge in [-0.1, -0.05) is 18.2 Å². The number of aliphatic hydroxyl groups excluding tert-OH is 1. The Morgan fingerprint density at radius 1 is 1.14 bits per heavy atom. The molecule has 9 heteroatoms. The van der Waals surface area contributed by atoms with Gasteiger partial charge in [0, 0.05) is 16.8 Å². The molecule has 2 aromatic carbocycles. The summed E-state index contributed by atoms with van der Waals surface area (Å²) >= 11 is 0. The molecule has 0 radical (unpaired) electrons. The van der Waals surface area contributed by atoms with Crippen molar-refractivity contribution in [3.8, 4) is 11.3 Å². The first kappa shape index (κ1) is 19.0. The van der Waals surface area contributed by atoms with E-state index in [1.807, 2.05) is 0 Å². The molecule has 1 aromatic heterocycles. The van der Waals surface area contributed by atoms with Crippen molar-refractivity contribution in [2.24, 2.45) is 0 Å². The number of aromatic amines is 1. The molecule has 2 heterocycles. The number of aliphatic hydroxyl groups is 1.